The number of nitrogens with one attached hydrogen (secondary N) is 1. The predicted octanol–water partition coefficient (Wildman–Crippen LogP) is 0.0173. The van der Waals surface area contributed by atoms with E-state index in [-0.39, 0.29) is 12.3 Å². The summed E-state index contributed by atoms with van der Waals surface area (Å²) in [6.07, 6.45) is -0.935. The summed E-state index contributed by atoms with van der Waals surface area (Å²) < 4.78 is 5.15. The van der Waals surface area contributed by atoms with Gasteiger partial charge < -0.3 is 19.9 Å². The van der Waals surface area contributed by atoms with E-state index in [0.29, 0.717) is 12.2 Å². The number of aliphatic carboxylic acids is 1. The maximum absolute atomic E-state index is 11.4. The highest BCUT2D eigenvalue weighted by molar-refractivity contribution is 5.91. The van der Waals surface area contributed by atoms with E-state index in [9.17, 15) is 9.59 Å². The Balaban J connectivity index is 2.49. The van der Waals surface area contributed by atoms with Crippen LogP contribution in [-0.4, -0.2) is 34.7 Å². The molecule has 3 N–H and O–H groups in total. The van der Waals surface area contributed by atoms with Gasteiger partial charge in [0.1, 0.15) is 5.76 Å². The van der Waals surface area contributed by atoms with Crippen LogP contribution >= 0.6 is 0 Å². The van der Waals surface area contributed by atoms with Gasteiger partial charge in [0.15, 0.2) is 11.9 Å². The lowest BCUT2D eigenvalue weighted by atomic mass is 10.3. The molecule has 1 atom stereocenters. The average Bonchev–Trinajstić information content (AvgIpc) is 2.73. The summed E-state index contributed by atoms with van der Waals surface area (Å²) in [5, 5.41) is 19.6. The van der Waals surface area contributed by atoms with Crippen LogP contribution in [0.15, 0.2) is 16.5 Å². The standard InChI is InChI=1S/C10H13NO5/c1-2-6-3-4-8(16-6)9(13)11-5-7(12)10(14)15/h3-4,7,12H,2,5H2,1H3,(H,11,13)(H,14,15)/t7-/m0/s1. The van der Waals surface area contributed by atoms with Gasteiger partial charge in [-0.3, -0.25) is 4.79 Å². The average molecular weight is 227 g/mol. The molecule has 0 saturated heterocycles. The molecule has 6 nitrogen and oxygen atoms in total. The predicted molar refractivity (Wildman–Crippen MR) is 54.1 cm³/mol. The number of rotatable bonds is 5. The summed E-state index contributed by atoms with van der Waals surface area (Å²) in [5.74, 6) is -1.15. The second-order valence-electron chi connectivity index (χ2n) is 3.18. The molecule has 0 spiro atoms. The normalized spacial score (nSPS) is 12.1. The van der Waals surface area contributed by atoms with E-state index in [0.717, 1.165) is 0 Å². The van der Waals surface area contributed by atoms with E-state index in [4.69, 9.17) is 14.6 Å². The molecule has 1 rings (SSSR count). The molecule has 0 bridgehead atoms. The Bertz CT molecular complexity index is 384. The second kappa shape index (κ2) is 5.32. The van der Waals surface area contributed by atoms with Crippen molar-refractivity contribution in [2.75, 3.05) is 6.54 Å². The summed E-state index contributed by atoms with van der Waals surface area (Å²) in [4.78, 5) is 21.7. The fourth-order valence-corrected chi connectivity index (χ4v) is 1.05. The first-order valence-corrected chi connectivity index (χ1v) is 4.82. The summed E-state index contributed by atoms with van der Waals surface area (Å²) in [5.41, 5.74) is 0. The third kappa shape index (κ3) is 3.09. The van der Waals surface area contributed by atoms with Crippen molar-refractivity contribution in [3.05, 3.63) is 23.7 Å². The zero-order chi connectivity index (χ0) is 12.1. The molecule has 1 amide bonds. The highest BCUT2D eigenvalue weighted by Gasteiger charge is 2.16. The zero-order valence-corrected chi connectivity index (χ0v) is 8.77. The highest BCUT2D eigenvalue weighted by atomic mass is 16.4. The second-order valence-corrected chi connectivity index (χ2v) is 3.18. The topological polar surface area (TPSA) is 99.8 Å². The Hall–Kier alpha value is -1.82. The Morgan fingerprint density at radius 2 is 2.19 bits per heavy atom. The number of aliphatic hydroxyl groups is 1. The zero-order valence-electron chi connectivity index (χ0n) is 8.77. The number of hydrogen-bond acceptors (Lipinski definition) is 4. The molecule has 6 heteroatoms. The highest BCUT2D eigenvalue weighted by Crippen LogP contribution is 2.07. The van der Waals surface area contributed by atoms with Gasteiger partial charge in [-0.15, -0.1) is 0 Å². The van der Waals surface area contributed by atoms with Crippen LogP contribution in [0.4, 0.5) is 0 Å². The quantitative estimate of drug-likeness (QED) is 0.658. The molecule has 0 fully saturated rings. The number of aliphatic hydroxyl groups excluding tert-OH is 1. The minimum absolute atomic E-state index is 0.106. The minimum atomic E-state index is -1.61. The molecule has 1 aromatic heterocycles. The molecular weight excluding hydrogens is 214 g/mol. The molecular formula is C10H13NO5. The van der Waals surface area contributed by atoms with Crippen molar-refractivity contribution in [2.45, 2.75) is 19.4 Å². The van der Waals surface area contributed by atoms with Gasteiger partial charge in [-0.25, -0.2) is 4.79 Å². The smallest absolute Gasteiger partial charge is 0.334 e. The van der Waals surface area contributed by atoms with E-state index in [2.05, 4.69) is 5.32 Å². The Labute approximate surface area is 91.9 Å². The van der Waals surface area contributed by atoms with Crippen molar-refractivity contribution in [1.82, 2.24) is 5.32 Å². The number of carbonyl (C=O) groups is 2. The van der Waals surface area contributed by atoms with Crippen LogP contribution in [0.1, 0.15) is 23.2 Å². The summed E-state index contributed by atoms with van der Waals surface area (Å²) in [7, 11) is 0. The van der Waals surface area contributed by atoms with Gasteiger partial charge in [0.2, 0.25) is 0 Å². The lowest BCUT2D eigenvalue weighted by Crippen LogP contribution is -2.36. The lowest BCUT2D eigenvalue weighted by Gasteiger charge is -2.05. The van der Waals surface area contributed by atoms with Crippen LogP contribution in [0, 0.1) is 0 Å². The van der Waals surface area contributed by atoms with Crippen LogP contribution in [0.25, 0.3) is 0 Å². The Morgan fingerprint density at radius 3 is 2.69 bits per heavy atom. The van der Waals surface area contributed by atoms with E-state index in [1.807, 2.05) is 6.92 Å². The third-order valence-corrected chi connectivity index (χ3v) is 1.97. The number of hydrogen-bond donors (Lipinski definition) is 3. The summed E-state index contributed by atoms with van der Waals surface area (Å²) in [6.45, 7) is 1.53. The van der Waals surface area contributed by atoms with Gasteiger partial charge in [-0.05, 0) is 12.1 Å². The molecule has 0 aliphatic heterocycles. The largest absolute Gasteiger partial charge is 0.479 e. The minimum Gasteiger partial charge on any atom is -0.479 e. The molecule has 0 unspecified atom stereocenters. The first kappa shape index (κ1) is 12.3. The molecule has 1 heterocycles. The van der Waals surface area contributed by atoms with Crippen molar-refractivity contribution in [2.24, 2.45) is 0 Å². The number of carbonyl (C=O) groups excluding carboxylic acids is 1. The third-order valence-electron chi connectivity index (χ3n) is 1.97. The molecule has 1 aromatic rings. The molecule has 0 radical (unpaired) electrons. The fourth-order valence-electron chi connectivity index (χ4n) is 1.05. The first-order chi connectivity index (χ1) is 7.54. The van der Waals surface area contributed by atoms with Crippen LogP contribution in [0.3, 0.4) is 0 Å². The van der Waals surface area contributed by atoms with E-state index >= 15 is 0 Å². The Kier molecular flexibility index (Phi) is 4.07. The molecule has 0 aliphatic rings. The van der Waals surface area contributed by atoms with Crippen LogP contribution in [-0.2, 0) is 11.2 Å². The van der Waals surface area contributed by atoms with Gasteiger partial charge in [-0.2, -0.15) is 0 Å². The fraction of sp³-hybridized carbons (Fsp3) is 0.400. The summed E-state index contributed by atoms with van der Waals surface area (Å²) >= 11 is 0. The van der Waals surface area contributed by atoms with Gasteiger partial charge in [0, 0.05) is 6.42 Å². The van der Waals surface area contributed by atoms with Crippen LogP contribution < -0.4 is 5.32 Å². The lowest BCUT2D eigenvalue weighted by molar-refractivity contribution is -0.146. The maximum Gasteiger partial charge on any atom is 0.334 e. The molecule has 0 aromatic carbocycles. The molecule has 88 valence electrons. The van der Waals surface area contributed by atoms with Crippen LogP contribution in [0.2, 0.25) is 0 Å². The maximum atomic E-state index is 11.4. The van der Waals surface area contributed by atoms with Crippen molar-refractivity contribution >= 4 is 11.9 Å². The number of aryl methyl sites for hydroxylation is 1. The van der Waals surface area contributed by atoms with Gasteiger partial charge in [-0.1, -0.05) is 6.92 Å². The van der Waals surface area contributed by atoms with Gasteiger partial charge in [0.25, 0.3) is 5.91 Å². The van der Waals surface area contributed by atoms with Crippen molar-refractivity contribution in [1.29, 1.82) is 0 Å². The van der Waals surface area contributed by atoms with E-state index < -0.39 is 18.0 Å². The monoisotopic (exact) mass is 227 g/mol. The molecule has 0 aliphatic carbocycles. The summed E-state index contributed by atoms with van der Waals surface area (Å²) in [6, 6.07) is 3.17. The number of carboxylic acid groups (broad SMARTS) is 1. The van der Waals surface area contributed by atoms with Crippen molar-refractivity contribution in [3.63, 3.8) is 0 Å². The van der Waals surface area contributed by atoms with Gasteiger partial charge in [0.05, 0.1) is 6.54 Å². The number of amides is 1. The SMILES string of the molecule is CCc1ccc(C(=O)NC[C@H](O)C(=O)O)o1. The van der Waals surface area contributed by atoms with E-state index in [1.165, 1.54) is 6.07 Å². The number of carboxylic acids is 1. The van der Waals surface area contributed by atoms with E-state index in [1.54, 1.807) is 6.07 Å². The molecule has 0 saturated carbocycles. The van der Waals surface area contributed by atoms with Crippen molar-refractivity contribution < 1.29 is 24.2 Å². The Morgan fingerprint density at radius 1 is 1.50 bits per heavy atom. The molecule has 16 heavy (non-hydrogen) atoms. The first-order valence-electron chi connectivity index (χ1n) is 4.82. The van der Waals surface area contributed by atoms with Crippen molar-refractivity contribution in [3.8, 4) is 0 Å². The number of furan rings is 1. The van der Waals surface area contributed by atoms with Gasteiger partial charge >= 0.3 is 5.97 Å². The van der Waals surface area contributed by atoms with Crippen LogP contribution in [0.5, 0.6) is 0 Å².